The van der Waals surface area contributed by atoms with Crippen molar-refractivity contribution in [2.45, 2.75) is 50.1 Å². The number of ether oxygens (including phenoxy) is 2. The van der Waals surface area contributed by atoms with Crippen LogP contribution in [0.5, 0.6) is 17.2 Å². The average molecular weight is 774 g/mol. The van der Waals surface area contributed by atoms with Crippen LogP contribution in [-0.2, 0) is 16.1 Å². The van der Waals surface area contributed by atoms with Crippen LogP contribution in [0.4, 0.5) is 15.8 Å². The van der Waals surface area contributed by atoms with Crippen molar-refractivity contribution in [3.05, 3.63) is 112 Å². The summed E-state index contributed by atoms with van der Waals surface area (Å²) in [5, 5.41) is 12.5. The molecule has 3 amide bonds. The minimum absolute atomic E-state index is 0.0711. The van der Waals surface area contributed by atoms with E-state index in [9.17, 15) is 19.5 Å². The van der Waals surface area contributed by atoms with Gasteiger partial charge in [-0.1, -0.05) is 30.3 Å². The number of phenolic OH excluding ortho intramolecular Hbond substituents is 1. The molecule has 296 valence electrons. The first-order chi connectivity index (χ1) is 27.7. The zero-order chi connectivity index (χ0) is 39.2. The van der Waals surface area contributed by atoms with E-state index in [-0.39, 0.29) is 48.8 Å². The fourth-order valence-corrected chi connectivity index (χ4v) is 9.57. The molecule has 0 unspecified atom stereocenters. The minimum Gasteiger partial charge on any atom is -0.508 e. The van der Waals surface area contributed by atoms with Crippen molar-refractivity contribution < 1.29 is 33.4 Å². The molecule has 0 saturated carbocycles. The van der Waals surface area contributed by atoms with Crippen molar-refractivity contribution in [1.29, 1.82) is 0 Å². The number of anilines is 2. The molecule has 0 aromatic heterocycles. The number of halogens is 1. The Hall–Kier alpha value is -5.62. The first-order valence-electron chi connectivity index (χ1n) is 20.1. The van der Waals surface area contributed by atoms with Gasteiger partial charge in [-0.25, -0.2) is 4.39 Å². The summed E-state index contributed by atoms with van der Waals surface area (Å²) >= 11 is 0. The number of nitrogens with zero attached hydrogens (tertiary/aromatic N) is 4. The zero-order valence-electron chi connectivity index (χ0n) is 32.2. The first-order valence-corrected chi connectivity index (χ1v) is 20.1. The molecule has 4 aromatic rings. The molecule has 4 aromatic carbocycles. The summed E-state index contributed by atoms with van der Waals surface area (Å²) < 4.78 is 27.1. The quantitative estimate of drug-likeness (QED) is 0.220. The molecule has 5 aliphatic rings. The molecule has 0 bridgehead atoms. The van der Waals surface area contributed by atoms with Crippen LogP contribution in [0.25, 0.3) is 0 Å². The number of aromatic hydroxyl groups is 1. The van der Waals surface area contributed by atoms with Gasteiger partial charge in [0.2, 0.25) is 11.8 Å². The number of piperidine rings is 2. The van der Waals surface area contributed by atoms with Crippen molar-refractivity contribution in [1.82, 2.24) is 15.1 Å². The van der Waals surface area contributed by atoms with Crippen LogP contribution >= 0.6 is 0 Å². The van der Waals surface area contributed by atoms with Gasteiger partial charge in [-0.3, -0.25) is 24.6 Å². The van der Waals surface area contributed by atoms with E-state index in [1.165, 1.54) is 27.8 Å². The fraction of sp³-hybridized carbons (Fsp3) is 0.400. The van der Waals surface area contributed by atoms with E-state index in [2.05, 4.69) is 56.4 Å². The van der Waals surface area contributed by atoms with Gasteiger partial charge in [0, 0.05) is 93.5 Å². The summed E-state index contributed by atoms with van der Waals surface area (Å²) in [4.78, 5) is 45.7. The number of fused-ring (bicyclic) bond motifs is 2. The molecule has 0 spiro atoms. The molecule has 11 nitrogen and oxygen atoms in total. The molecule has 0 radical (unpaired) electrons. The highest BCUT2D eigenvalue weighted by Crippen LogP contribution is 2.47. The van der Waals surface area contributed by atoms with Gasteiger partial charge in [-0.05, 0) is 84.3 Å². The number of benzene rings is 4. The topological polar surface area (TPSA) is 115 Å². The number of rotatable bonds is 8. The van der Waals surface area contributed by atoms with Gasteiger partial charge in [-0.2, -0.15) is 0 Å². The van der Waals surface area contributed by atoms with Crippen molar-refractivity contribution in [2.24, 2.45) is 5.92 Å². The second kappa shape index (κ2) is 15.4. The van der Waals surface area contributed by atoms with E-state index in [1.54, 1.807) is 25.3 Å². The number of phenols is 1. The molecule has 0 aliphatic carbocycles. The lowest BCUT2D eigenvalue weighted by Gasteiger charge is -2.40. The molecule has 9 rings (SSSR count). The minimum atomic E-state index is -0.719. The molecule has 3 fully saturated rings. The van der Waals surface area contributed by atoms with Crippen molar-refractivity contribution in [3.63, 3.8) is 0 Å². The predicted octanol–water partition coefficient (Wildman–Crippen LogP) is 5.65. The van der Waals surface area contributed by atoms with Crippen molar-refractivity contribution in [2.75, 3.05) is 69.3 Å². The van der Waals surface area contributed by atoms with Crippen LogP contribution in [-0.4, -0.2) is 98.2 Å². The maximum absolute atomic E-state index is 15.5. The second-order valence-corrected chi connectivity index (χ2v) is 16.1. The van der Waals surface area contributed by atoms with Crippen LogP contribution in [0.3, 0.4) is 0 Å². The maximum atomic E-state index is 15.5. The van der Waals surface area contributed by atoms with Gasteiger partial charge in [0.1, 0.15) is 29.1 Å². The number of imide groups is 1. The summed E-state index contributed by atoms with van der Waals surface area (Å²) in [5.41, 5.74) is 6.21. The molecular weight excluding hydrogens is 726 g/mol. The highest BCUT2D eigenvalue weighted by molar-refractivity contribution is 6.05. The van der Waals surface area contributed by atoms with Crippen LogP contribution in [0, 0.1) is 11.7 Å². The lowest BCUT2D eigenvalue weighted by atomic mass is 9.76. The number of carbonyl (C=O) groups is 3. The first kappa shape index (κ1) is 37.0. The van der Waals surface area contributed by atoms with Crippen LogP contribution in [0.15, 0.2) is 78.9 Å². The number of hydrogen-bond acceptors (Lipinski definition) is 9. The summed E-state index contributed by atoms with van der Waals surface area (Å²) in [6.45, 7) is 6.83. The summed E-state index contributed by atoms with van der Waals surface area (Å²) in [5.74, 6) is 0.931. The number of nitrogens with one attached hydrogen (secondary N) is 1. The lowest BCUT2D eigenvalue weighted by molar-refractivity contribution is -0.136. The molecular formula is C45H48FN5O6. The molecule has 5 heterocycles. The molecule has 5 aliphatic heterocycles. The standard InChI is InChI=1S/C45H48FN5O6/c1-56-34-9-4-29(5-10-34)37-27-57-41-23-33(52)8-11-35(41)43(37)30-2-6-32(7-3-30)49-16-14-28(15-17-49)25-48-18-20-50(21-19-48)40-22-31-26-51(45(55)36(31)24-38(40)46)39-12-13-42(53)47-44(39)54/h2-11,22-24,28,37,39,43,52H,12-21,25-27H2,1H3,(H,47,53,54)/t37-,39+,43-/m1/s1. The fourth-order valence-electron chi connectivity index (χ4n) is 9.57. The Kier molecular flexibility index (Phi) is 9.98. The molecule has 12 heteroatoms. The van der Waals surface area contributed by atoms with Gasteiger partial charge < -0.3 is 29.3 Å². The van der Waals surface area contributed by atoms with E-state index in [4.69, 9.17) is 9.47 Å². The Labute approximate surface area is 331 Å². The monoisotopic (exact) mass is 773 g/mol. The van der Waals surface area contributed by atoms with Crippen LogP contribution < -0.4 is 24.6 Å². The second-order valence-electron chi connectivity index (χ2n) is 16.1. The molecule has 57 heavy (non-hydrogen) atoms. The number of methoxy groups -OCH3 is 1. The molecule has 2 N–H and O–H groups in total. The van der Waals surface area contributed by atoms with Crippen molar-refractivity contribution in [3.8, 4) is 17.2 Å². The third-order valence-corrected chi connectivity index (χ3v) is 12.7. The third-order valence-electron chi connectivity index (χ3n) is 12.7. The highest BCUT2D eigenvalue weighted by Gasteiger charge is 2.40. The smallest absolute Gasteiger partial charge is 0.255 e. The lowest BCUT2D eigenvalue weighted by Crippen LogP contribution is -2.52. The van der Waals surface area contributed by atoms with E-state index in [0.717, 1.165) is 68.2 Å². The third kappa shape index (κ3) is 7.27. The largest absolute Gasteiger partial charge is 0.508 e. The number of amides is 3. The van der Waals surface area contributed by atoms with Gasteiger partial charge in [0.05, 0.1) is 19.4 Å². The highest BCUT2D eigenvalue weighted by atomic mass is 19.1. The number of carbonyl (C=O) groups excluding carboxylic acids is 3. The Morgan fingerprint density at radius 1 is 0.842 bits per heavy atom. The van der Waals surface area contributed by atoms with E-state index in [0.29, 0.717) is 36.9 Å². The normalized spacial score (nSPS) is 22.9. The number of hydrogen-bond donors (Lipinski definition) is 2. The van der Waals surface area contributed by atoms with E-state index < -0.39 is 17.8 Å². The Morgan fingerprint density at radius 2 is 1.58 bits per heavy atom. The van der Waals surface area contributed by atoms with Crippen molar-refractivity contribution >= 4 is 29.1 Å². The zero-order valence-corrected chi connectivity index (χ0v) is 32.2. The molecule has 3 saturated heterocycles. The average Bonchev–Trinajstić information content (AvgIpc) is 3.54. The van der Waals surface area contributed by atoms with E-state index >= 15 is 4.39 Å². The number of piperazine rings is 1. The summed E-state index contributed by atoms with van der Waals surface area (Å²) in [7, 11) is 1.67. The maximum Gasteiger partial charge on any atom is 0.255 e. The van der Waals surface area contributed by atoms with Crippen LogP contribution in [0.2, 0.25) is 0 Å². The Morgan fingerprint density at radius 3 is 2.30 bits per heavy atom. The van der Waals surface area contributed by atoms with Gasteiger partial charge >= 0.3 is 0 Å². The Bertz CT molecular complexity index is 2160. The molecule has 3 atom stereocenters. The van der Waals surface area contributed by atoms with Crippen LogP contribution in [0.1, 0.15) is 70.1 Å². The SMILES string of the molecule is COc1ccc([C@H]2COc3cc(O)ccc3[C@H]2c2ccc(N3CCC(CN4CCN(c5cc6c(cc5F)C(=O)N([C@H]5CCC(=O)NC5=O)C6)CC4)CC3)cc2)cc1. The predicted molar refractivity (Wildman–Crippen MR) is 214 cm³/mol. The van der Waals surface area contributed by atoms with Gasteiger partial charge in [-0.15, -0.1) is 0 Å². The van der Waals surface area contributed by atoms with E-state index in [1.807, 2.05) is 18.2 Å². The summed E-state index contributed by atoms with van der Waals surface area (Å²) in [6, 6.07) is 25.0. The Balaban J connectivity index is 0.794. The van der Waals surface area contributed by atoms with Gasteiger partial charge in [0.25, 0.3) is 5.91 Å². The summed E-state index contributed by atoms with van der Waals surface area (Å²) in [6.07, 6.45) is 2.68. The van der Waals surface area contributed by atoms with Gasteiger partial charge in [0.15, 0.2) is 0 Å².